The number of ether oxygens (including phenoxy) is 1. The van der Waals surface area contributed by atoms with Gasteiger partial charge in [-0.2, -0.15) is 0 Å². The van der Waals surface area contributed by atoms with E-state index in [1.54, 1.807) is 0 Å². The van der Waals surface area contributed by atoms with E-state index in [0.717, 1.165) is 25.8 Å². The van der Waals surface area contributed by atoms with Gasteiger partial charge < -0.3 is 9.64 Å². The smallest absolute Gasteiger partial charge is 0.145 e. The van der Waals surface area contributed by atoms with Gasteiger partial charge in [-0.25, -0.2) is 0 Å². The standard InChI is InChI=1S/C20H23NO/c1-21(2)14-13-19-20(22-19)17-9-5-3-7-15(17)11-12-16-8-4-6-10-18(16)20/h3-10,19H,11-14H2,1-2H3. The van der Waals surface area contributed by atoms with Crippen molar-refractivity contribution in [2.45, 2.75) is 31.0 Å². The fourth-order valence-electron chi connectivity index (χ4n) is 3.92. The normalized spacial score (nSPS) is 21.3. The minimum atomic E-state index is -0.195. The first kappa shape index (κ1) is 14.0. The summed E-state index contributed by atoms with van der Waals surface area (Å²) in [6.45, 7) is 1.07. The average Bonchev–Trinajstić information content (AvgIpc) is 3.28. The molecule has 1 fully saturated rings. The van der Waals surface area contributed by atoms with E-state index >= 15 is 0 Å². The van der Waals surface area contributed by atoms with Crippen LogP contribution in [0.1, 0.15) is 28.7 Å². The van der Waals surface area contributed by atoms with Crippen LogP contribution < -0.4 is 0 Å². The summed E-state index contributed by atoms with van der Waals surface area (Å²) < 4.78 is 6.40. The summed E-state index contributed by atoms with van der Waals surface area (Å²) in [4.78, 5) is 2.24. The van der Waals surface area contributed by atoms with E-state index in [1.807, 2.05) is 0 Å². The van der Waals surface area contributed by atoms with E-state index in [1.165, 1.54) is 22.3 Å². The van der Waals surface area contributed by atoms with Crippen LogP contribution in [0.5, 0.6) is 0 Å². The Bertz CT molecular complexity index is 644. The largest absolute Gasteiger partial charge is 0.356 e. The Hall–Kier alpha value is -1.64. The lowest BCUT2D eigenvalue weighted by atomic mass is 9.84. The second-order valence-corrected chi connectivity index (χ2v) is 6.75. The van der Waals surface area contributed by atoms with Gasteiger partial charge in [-0.3, -0.25) is 0 Å². The molecule has 1 aliphatic carbocycles. The molecule has 0 aromatic heterocycles. The molecule has 2 heteroatoms. The molecule has 1 spiro atoms. The predicted molar refractivity (Wildman–Crippen MR) is 89.1 cm³/mol. The van der Waals surface area contributed by atoms with Crippen LogP contribution in [0.2, 0.25) is 0 Å². The highest BCUT2D eigenvalue weighted by molar-refractivity contribution is 5.52. The summed E-state index contributed by atoms with van der Waals surface area (Å²) >= 11 is 0. The molecule has 0 bridgehead atoms. The van der Waals surface area contributed by atoms with Crippen molar-refractivity contribution in [3.63, 3.8) is 0 Å². The number of benzene rings is 2. The van der Waals surface area contributed by atoms with Gasteiger partial charge in [-0.1, -0.05) is 48.5 Å². The van der Waals surface area contributed by atoms with Crippen molar-refractivity contribution in [1.82, 2.24) is 4.90 Å². The molecule has 22 heavy (non-hydrogen) atoms. The third-order valence-electron chi connectivity index (χ3n) is 5.06. The molecule has 1 atom stereocenters. The van der Waals surface area contributed by atoms with Crippen molar-refractivity contribution >= 4 is 0 Å². The lowest BCUT2D eigenvalue weighted by Gasteiger charge is -2.17. The first-order valence-corrected chi connectivity index (χ1v) is 8.21. The molecule has 2 nitrogen and oxygen atoms in total. The molecule has 0 N–H and O–H groups in total. The van der Waals surface area contributed by atoms with Crippen LogP contribution >= 0.6 is 0 Å². The summed E-state index contributed by atoms with van der Waals surface area (Å²) in [5, 5.41) is 0. The van der Waals surface area contributed by atoms with Crippen LogP contribution in [0.15, 0.2) is 48.5 Å². The molecule has 114 valence electrons. The van der Waals surface area contributed by atoms with E-state index in [4.69, 9.17) is 4.74 Å². The zero-order chi connectivity index (χ0) is 15.2. The lowest BCUT2D eigenvalue weighted by molar-refractivity contribution is 0.308. The summed E-state index contributed by atoms with van der Waals surface area (Å²) in [5.41, 5.74) is 5.49. The fraction of sp³-hybridized carbons (Fsp3) is 0.400. The summed E-state index contributed by atoms with van der Waals surface area (Å²) in [6, 6.07) is 17.7. The Morgan fingerprint density at radius 1 is 0.955 bits per heavy atom. The second kappa shape index (κ2) is 5.22. The van der Waals surface area contributed by atoms with Gasteiger partial charge >= 0.3 is 0 Å². The van der Waals surface area contributed by atoms with Crippen LogP contribution in [0.25, 0.3) is 0 Å². The molecular formula is C20H23NO. The van der Waals surface area contributed by atoms with Gasteiger partial charge in [0.25, 0.3) is 0 Å². The third-order valence-corrected chi connectivity index (χ3v) is 5.06. The number of fused-ring (bicyclic) bond motifs is 4. The summed E-state index contributed by atoms with van der Waals surface area (Å²) in [6.07, 6.45) is 3.60. The van der Waals surface area contributed by atoms with Crippen molar-refractivity contribution < 1.29 is 4.74 Å². The summed E-state index contributed by atoms with van der Waals surface area (Å²) in [7, 11) is 4.26. The third kappa shape index (κ3) is 2.10. The van der Waals surface area contributed by atoms with Crippen LogP contribution in [-0.2, 0) is 23.2 Å². The molecule has 0 amide bonds. The first-order valence-electron chi connectivity index (χ1n) is 8.21. The number of aryl methyl sites for hydroxylation is 2. The molecule has 2 aliphatic rings. The molecule has 1 aliphatic heterocycles. The Labute approximate surface area is 132 Å². The molecule has 0 saturated carbocycles. The molecule has 1 heterocycles. The van der Waals surface area contributed by atoms with Crippen molar-refractivity contribution in [3.05, 3.63) is 70.8 Å². The molecule has 4 rings (SSSR count). The minimum absolute atomic E-state index is 0.195. The van der Waals surface area contributed by atoms with Gasteiger partial charge in [0, 0.05) is 6.54 Å². The Morgan fingerprint density at radius 3 is 2.05 bits per heavy atom. The Kier molecular flexibility index (Phi) is 3.32. The zero-order valence-corrected chi connectivity index (χ0v) is 13.4. The average molecular weight is 293 g/mol. The molecule has 2 aromatic rings. The highest BCUT2D eigenvalue weighted by Gasteiger charge is 2.60. The number of epoxide rings is 1. The van der Waals surface area contributed by atoms with E-state index in [-0.39, 0.29) is 5.60 Å². The zero-order valence-electron chi connectivity index (χ0n) is 13.4. The quantitative estimate of drug-likeness (QED) is 0.806. The Balaban J connectivity index is 1.80. The molecule has 0 radical (unpaired) electrons. The van der Waals surface area contributed by atoms with Gasteiger partial charge in [0.1, 0.15) is 5.60 Å². The molecule has 2 aromatic carbocycles. The minimum Gasteiger partial charge on any atom is -0.356 e. The molecular weight excluding hydrogens is 270 g/mol. The van der Waals surface area contributed by atoms with E-state index in [2.05, 4.69) is 67.5 Å². The van der Waals surface area contributed by atoms with Crippen LogP contribution in [0, 0.1) is 0 Å². The molecule has 1 unspecified atom stereocenters. The van der Waals surface area contributed by atoms with E-state index in [0.29, 0.717) is 6.10 Å². The van der Waals surface area contributed by atoms with Crippen molar-refractivity contribution in [2.75, 3.05) is 20.6 Å². The van der Waals surface area contributed by atoms with Crippen LogP contribution in [-0.4, -0.2) is 31.6 Å². The van der Waals surface area contributed by atoms with Gasteiger partial charge in [0.05, 0.1) is 6.10 Å². The second-order valence-electron chi connectivity index (χ2n) is 6.75. The van der Waals surface area contributed by atoms with Crippen LogP contribution in [0.4, 0.5) is 0 Å². The maximum Gasteiger partial charge on any atom is 0.145 e. The number of rotatable bonds is 3. The van der Waals surface area contributed by atoms with Gasteiger partial charge in [0.15, 0.2) is 0 Å². The highest BCUT2D eigenvalue weighted by Crippen LogP contribution is 2.56. The van der Waals surface area contributed by atoms with Crippen molar-refractivity contribution in [3.8, 4) is 0 Å². The van der Waals surface area contributed by atoms with Crippen molar-refractivity contribution in [2.24, 2.45) is 0 Å². The predicted octanol–water partition coefficient (Wildman–Crippen LogP) is 3.38. The lowest BCUT2D eigenvalue weighted by Crippen LogP contribution is -2.21. The van der Waals surface area contributed by atoms with Gasteiger partial charge in [0.2, 0.25) is 0 Å². The fourth-order valence-corrected chi connectivity index (χ4v) is 3.92. The monoisotopic (exact) mass is 293 g/mol. The van der Waals surface area contributed by atoms with Gasteiger partial charge in [-0.05, 0) is 55.6 Å². The Morgan fingerprint density at radius 2 is 1.50 bits per heavy atom. The van der Waals surface area contributed by atoms with Crippen molar-refractivity contribution in [1.29, 1.82) is 0 Å². The SMILES string of the molecule is CN(C)CCC1OC12c1ccccc1CCc1ccccc12. The maximum atomic E-state index is 6.40. The number of hydrogen-bond acceptors (Lipinski definition) is 2. The van der Waals surface area contributed by atoms with Crippen LogP contribution in [0.3, 0.4) is 0 Å². The highest BCUT2D eigenvalue weighted by atomic mass is 16.6. The van der Waals surface area contributed by atoms with Gasteiger partial charge in [-0.15, -0.1) is 0 Å². The topological polar surface area (TPSA) is 15.8 Å². The number of nitrogens with zero attached hydrogens (tertiary/aromatic N) is 1. The first-order chi connectivity index (χ1) is 10.7. The molecule has 1 saturated heterocycles. The number of hydrogen-bond donors (Lipinski definition) is 0. The summed E-state index contributed by atoms with van der Waals surface area (Å²) in [5.74, 6) is 0. The van der Waals surface area contributed by atoms with E-state index in [9.17, 15) is 0 Å². The van der Waals surface area contributed by atoms with E-state index < -0.39 is 0 Å². The maximum absolute atomic E-state index is 6.40.